The number of hydrogen-bond donors (Lipinski definition) is 0. The summed E-state index contributed by atoms with van der Waals surface area (Å²) < 4.78 is 16.5. The third-order valence-electron chi connectivity index (χ3n) is 2.62. The van der Waals surface area contributed by atoms with Crippen LogP contribution in [-0.2, 0) is 4.74 Å². The van der Waals surface area contributed by atoms with Crippen molar-refractivity contribution in [3.8, 4) is 11.5 Å². The van der Waals surface area contributed by atoms with Gasteiger partial charge >= 0.3 is 0 Å². The monoisotopic (exact) mass is 315 g/mol. The molecule has 0 spiro atoms. The van der Waals surface area contributed by atoms with Crippen LogP contribution in [0.25, 0.3) is 0 Å². The van der Waals surface area contributed by atoms with Gasteiger partial charge in [-0.25, -0.2) is 4.99 Å². The van der Waals surface area contributed by atoms with Crippen LogP contribution in [0.4, 0.5) is 0 Å². The van der Waals surface area contributed by atoms with Crippen LogP contribution in [0.3, 0.4) is 0 Å². The molecule has 1 aliphatic heterocycles. The van der Waals surface area contributed by atoms with Crippen molar-refractivity contribution in [1.29, 1.82) is 0 Å². The van der Waals surface area contributed by atoms with Crippen molar-refractivity contribution in [1.82, 2.24) is 0 Å². The number of aliphatic imine (C=N–C) groups is 1. The zero-order valence-electron chi connectivity index (χ0n) is 14.2. The Morgan fingerprint density at radius 1 is 1.26 bits per heavy atom. The van der Waals surface area contributed by atoms with Crippen molar-refractivity contribution >= 4 is 5.90 Å². The number of rotatable bonds is 7. The van der Waals surface area contributed by atoms with Gasteiger partial charge in [0.15, 0.2) is 6.61 Å². The molecular formula is C19H25NO3. The molecule has 0 atom stereocenters. The lowest BCUT2D eigenvalue weighted by Crippen LogP contribution is -2.11. The summed E-state index contributed by atoms with van der Waals surface area (Å²) in [4.78, 5) is 4.17. The molecule has 1 aromatic rings. The first kappa shape index (κ1) is 18.6. The normalized spacial score (nSPS) is 12.7. The van der Waals surface area contributed by atoms with Crippen molar-refractivity contribution in [3.05, 3.63) is 60.9 Å². The zero-order valence-corrected chi connectivity index (χ0v) is 14.2. The van der Waals surface area contributed by atoms with E-state index in [0.717, 1.165) is 5.57 Å². The highest BCUT2D eigenvalue weighted by molar-refractivity contribution is 5.78. The Bertz CT molecular complexity index is 588. The van der Waals surface area contributed by atoms with E-state index >= 15 is 0 Å². The maximum Gasteiger partial charge on any atom is 0.222 e. The zero-order chi connectivity index (χ0) is 17.1. The molecule has 0 bridgehead atoms. The first-order chi connectivity index (χ1) is 11.1. The van der Waals surface area contributed by atoms with Crippen LogP contribution >= 0.6 is 0 Å². The minimum absolute atomic E-state index is 0.333. The summed E-state index contributed by atoms with van der Waals surface area (Å²) in [6.07, 6.45) is 3.62. The van der Waals surface area contributed by atoms with Gasteiger partial charge in [-0.1, -0.05) is 44.7 Å². The Morgan fingerprint density at radius 2 is 2.00 bits per heavy atom. The summed E-state index contributed by atoms with van der Waals surface area (Å²) in [5, 5.41) is 0. The van der Waals surface area contributed by atoms with Gasteiger partial charge in [0.2, 0.25) is 5.90 Å². The Kier molecular flexibility index (Phi) is 8.29. The Hall–Kier alpha value is -2.49. The third-order valence-corrected chi connectivity index (χ3v) is 2.62. The Labute approximate surface area is 138 Å². The fourth-order valence-electron chi connectivity index (χ4n) is 1.66. The minimum atomic E-state index is 0.333. The van der Waals surface area contributed by atoms with Gasteiger partial charge in [-0.2, -0.15) is 0 Å². The molecule has 0 N–H and O–H groups in total. The van der Waals surface area contributed by atoms with Gasteiger partial charge < -0.3 is 14.2 Å². The van der Waals surface area contributed by atoms with Crippen LogP contribution in [-0.4, -0.2) is 25.7 Å². The molecule has 0 fully saturated rings. The first-order valence-corrected chi connectivity index (χ1v) is 7.73. The average molecular weight is 315 g/mol. The van der Waals surface area contributed by atoms with Crippen LogP contribution in [0.15, 0.2) is 65.9 Å². The van der Waals surface area contributed by atoms with Gasteiger partial charge in [-0.05, 0) is 25.1 Å². The van der Waals surface area contributed by atoms with Crippen molar-refractivity contribution in [2.45, 2.75) is 20.8 Å². The van der Waals surface area contributed by atoms with Crippen LogP contribution in [0.1, 0.15) is 20.8 Å². The molecule has 0 saturated carbocycles. The topological polar surface area (TPSA) is 40.0 Å². The molecule has 4 nitrogen and oxygen atoms in total. The molecule has 0 saturated heterocycles. The van der Waals surface area contributed by atoms with E-state index in [0.29, 0.717) is 42.9 Å². The van der Waals surface area contributed by atoms with E-state index in [1.807, 2.05) is 45.0 Å². The lowest BCUT2D eigenvalue weighted by Gasteiger charge is -2.09. The van der Waals surface area contributed by atoms with Gasteiger partial charge in [-0.15, -0.1) is 0 Å². The third kappa shape index (κ3) is 7.36. The fraction of sp³-hybridized carbons (Fsp3) is 0.316. The highest BCUT2D eigenvalue weighted by Crippen LogP contribution is 2.21. The first-order valence-electron chi connectivity index (χ1n) is 7.73. The van der Waals surface area contributed by atoms with Gasteiger partial charge in [-0.3, -0.25) is 0 Å². The van der Waals surface area contributed by atoms with E-state index in [-0.39, 0.29) is 0 Å². The summed E-state index contributed by atoms with van der Waals surface area (Å²) in [6.45, 7) is 15.2. The van der Waals surface area contributed by atoms with E-state index < -0.39 is 0 Å². The molecule has 1 aromatic carbocycles. The van der Waals surface area contributed by atoms with Crippen molar-refractivity contribution in [2.75, 3.05) is 19.8 Å². The van der Waals surface area contributed by atoms with E-state index in [1.54, 1.807) is 12.1 Å². The molecule has 4 heteroatoms. The van der Waals surface area contributed by atoms with Crippen molar-refractivity contribution < 1.29 is 14.2 Å². The molecule has 0 aliphatic carbocycles. The summed E-state index contributed by atoms with van der Waals surface area (Å²) in [5.74, 6) is 2.54. The number of ether oxygens (including phenoxy) is 3. The van der Waals surface area contributed by atoms with Gasteiger partial charge in [0, 0.05) is 6.07 Å². The molecule has 2 rings (SSSR count). The number of hydrogen-bond acceptors (Lipinski definition) is 4. The highest BCUT2D eigenvalue weighted by atomic mass is 16.5. The predicted octanol–water partition coefficient (Wildman–Crippen LogP) is 4.55. The molecule has 124 valence electrons. The molecule has 1 heterocycles. The largest absolute Gasteiger partial charge is 0.484 e. The quantitative estimate of drug-likeness (QED) is 0.547. The fourth-order valence-corrected chi connectivity index (χ4v) is 1.66. The smallest absolute Gasteiger partial charge is 0.222 e. The van der Waals surface area contributed by atoms with Gasteiger partial charge in [0.1, 0.15) is 23.9 Å². The number of nitrogens with zero attached hydrogens (tertiary/aromatic N) is 1. The number of benzene rings is 1. The van der Waals surface area contributed by atoms with Crippen molar-refractivity contribution in [2.24, 2.45) is 4.99 Å². The highest BCUT2D eigenvalue weighted by Gasteiger charge is 2.08. The molecule has 23 heavy (non-hydrogen) atoms. The van der Waals surface area contributed by atoms with E-state index in [2.05, 4.69) is 18.2 Å². The molecular weight excluding hydrogens is 290 g/mol. The van der Waals surface area contributed by atoms with E-state index in [1.165, 1.54) is 0 Å². The summed E-state index contributed by atoms with van der Waals surface area (Å²) >= 11 is 0. The van der Waals surface area contributed by atoms with Gasteiger partial charge in [0.25, 0.3) is 0 Å². The second-order valence-electron chi connectivity index (χ2n) is 4.64. The summed E-state index contributed by atoms with van der Waals surface area (Å²) in [6, 6.07) is 7.36. The molecule has 0 aromatic heterocycles. The SMILES string of the molecule is C=C(C)/C=C\C(=C)Oc1cccc(OCC2=NCCO2)c1.CC. The summed E-state index contributed by atoms with van der Waals surface area (Å²) in [7, 11) is 0. The van der Waals surface area contributed by atoms with Crippen molar-refractivity contribution in [3.63, 3.8) is 0 Å². The van der Waals surface area contributed by atoms with Crippen LogP contribution in [0.5, 0.6) is 11.5 Å². The molecule has 0 radical (unpaired) electrons. The second-order valence-corrected chi connectivity index (χ2v) is 4.64. The van der Waals surface area contributed by atoms with E-state index in [9.17, 15) is 0 Å². The Morgan fingerprint density at radius 3 is 2.65 bits per heavy atom. The van der Waals surface area contributed by atoms with Crippen LogP contribution < -0.4 is 9.47 Å². The van der Waals surface area contributed by atoms with Crippen LogP contribution in [0.2, 0.25) is 0 Å². The lowest BCUT2D eigenvalue weighted by atomic mass is 10.3. The minimum Gasteiger partial charge on any atom is -0.484 e. The van der Waals surface area contributed by atoms with Crippen LogP contribution in [0, 0.1) is 0 Å². The number of allylic oxidation sites excluding steroid dienone is 3. The van der Waals surface area contributed by atoms with E-state index in [4.69, 9.17) is 14.2 Å². The Balaban J connectivity index is 0.00000127. The van der Waals surface area contributed by atoms with Gasteiger partial charge in [0.05, 0.1) is 6.54 Å². The summed E-state index contributed by atoms with van der Waals surface area (Å²) in [5.41, 5.74) is 0.939. The molecule has 1 aliphatic rings. The second kappa shape index (κ2) is 10.3. The average Bonchev–Trinajstić information content (AvgIpc) is 3.07. The maximum atomic E-state index is 5.61. The standard InChI is InChI=1S/C17H19NO3.C2H6/c1-13(2)7-8-14(3)21-16-6-4-5-15(11-16)20-12-17-18-9-10-19-17;1-2/h4-8,11H,1,3,9-10,12H2,2H3;1-2H3/b8-7-;. The molecule has 0 unspecified atom stereocenters. The lowest BCUT2D eigenvalue weighted by molar-refractivity contribution is 0.292. The molecule has 0 amide bonds. The predicted molar refractivity (Wildman–Crippen MR) is 95.3 cm³/mol. The maximum absolute atomic E-state index is 5.61.